The van der Waals surface area contributed by atoms with Gasteiger partial charge >= 0.3 is 35.5 Å². The molecule has 13 heteroatoms. The summed E-state index contributed by atoms with van der Waals surface area (Å²) >= 11 is 0. The van der Waals surface area contributed by atoms with E-state index in [1.54, 1.807) is 32.2 Å². The predicted molar refractivity (Wildman–Crippen MR) is 138 cm³/mol. The maximum atomic E-state index is 14.0. The molecular weight excluding hydrogens is 541 g/mol. The first-order valence-electron chi connectivity index (χ1n) is 11.0. The van der Waals surface area contributed by atoms with Gasteiger partial charge in [-0.05, 0) is 50.6 Å². The molecule has 4 rings (SSSR count). The number of ether oxygens (including phenoxy) is 2. The van der Waals surface area contributed by atoms with Gasteiger partial charge in [0.15, 0.2) is 0 Å². The summed E-state index contributed by atoms with van der Waals surface area (Å²) in [7, 11) is -3.38. The predicted octanol–water partition coefficient (Wildman–Crippen LogP) is 0.733. The molecule has 1 N–H and O–H groups in total. The zero-order valence-electron chi connectivity index (χ0n) is 22.8. The van der Waals surface area contributed by atoms with Crippen molar-refractivity contribution in [3.8, 4) is 11.5 Å². The smallest absolute Gasteiger partial charge is 1.00 e. The molecule has 10 nitrogen and oxygen atoms in total. The van der Waals surface area contributed by atoms with Crippen molar-refractivity contribution < 1.29 is 63.0 Å². The molecule has 0 aliphatic heterocycles. The quantitative estimate of drug-likeness (QED) is 0.306. The summed E-state index contributed by atoms with van der Waals surface area (Å²) in [5, 5.41) is 9.21. The number of nitrogens with zero attached hydrogens (tertiary/aromatic N) is 3. The van der Waals surface area contributed by atoms with Crippen molar-refractivity contribution in [3.05, 3.63) is 70.5 Å². The second kappa shape index (κ2) is 11.5. The topological polar surface area (TPSA) is 138 Å². The Labute approximate surface area is 246 Å². The number of aryl methyl sites for hydroxylation is 2. The minimum Gasteiger partial charge on any atom is -1.00 e. The largest absolute Gasteiger partial charge is 1.00 e. The van der Waals surface area contributed by atoms with Crippen LogP contribution in [-0.2, 0) is 26.6 Å². The number of aromatic nitrogens is 3. The average molecular weight is 568 g/mol. The molecule has 0 radical (unpaired) electrons. The molecule has 2 heterocycles. The first kappa shape index (κ1) is 29.8. The molecule has 2 aromatic carbocycles. The molecule has 1 unspecified atom stereocenters. The Bertz CT molecular complexity index is 1690. The number of hydrogen-bond donors (Lipinski definition) is 1. The Morgan fingerprint density at radius 1 is 1.08 bits per heavy atom. The Morgan fingerprint density at radius 3 is 2.42 bits per heavy atom. The van der Waals surface area contributed by atoms with Crippen molar-refractivity contribution >= 4 is 37.8 Å². The Kier molecular flexibility index (Phi) is 9.04. The summed E-state index contributed by atoms with van der Waals surface area (Å²) in [6.45, 7) is 5.19. The second-order valence-electron chi connectivity index (χ2n) is 8.34. The van der Waals surface area contributed by atoms with Crippen molar-refractivity contribution in [2.45, 2.75) is 36.6 Å². The zero-order valence-corrected chi connectivity index (χ0v) is 25.4. The third kappa shape index (κ3) is 5.36. The molecule has 0 aliphatic carbocycles. The number of carboxylic acid groups (broad SMARTS) is 1. The molecule has 0 fully saturated rings. The molecule has 2 aromatic heterocycles. The van der Waals surface area contributed by atoms with Gasteiger partial charge in [-0.3, -0.25) is 9.19 Å². The first-order chi connectivity index (χ1) is 17.5. The van der Waals surface area contributed by atoms with E-state index in [0.29, 0.717) is 28.3 Å². The zero-order chi connectivity index (χ0) is 27.1. The molecule has 0 bridgehead atoms. The summed E-state index contributed by atoms with van der Waals surface area (Å²) in [5.41, 5.74) is 2.54. The summed E-state index contributed by atoms with van der Waals surface area (Å²) in [6, 6.07) is 8.45. The number of methoxy groups -OCH3 is 2. The molecule has 0 amide bonds. The number of imidazole rings is 1. The SMILES string of the molecule is COc1ccc2c(c1)nc(S(=O)Cc1ncc(C)c(OC)c1C)n2S(=O)(=O)c1cc(C(=O)O)ccc1C.[H-].[Na+]. The van der Waals surface area contributed by atoms with Crippen LogP contribution >= 0.6 is 0 Å². The van der Waals surface area contributed by atoms with E-state index in [1.165, 1.54) is 32.4 Å². The van der Waals surface area contributed by atoms with Gasteiger partial charge in [-0.1, -0.05) is 6.07 Å². The van der Waals surface area contributed by atoms with Crippen LogP contribution in [0.25, 0.3) is 11.0 Å². The molecule has 196 valence electrons. The fraction of sp³-hybridized carbons (Fsp3) is 0.240. The molecule has 38 heavy (non-hydrogen) atoms. The van der Waals surface area contributed by atoms with Gasteiger partial charge in [-0.25, -0.2) is 22.2 Å². The fourth-order valence-electron chi connectivity index (χ4n) is 4.03. The molecule has 0 saturated carbocycles. The normalized spacial score (nSPS) is 12.1. The third-order valence-corrected chi connectivity index (χ3v) is 9.14. The van der Waals surface area contributed by atoms with E-state index in [2.05, 4.69) is 9.97 Å². The van der Waals surface area contributed by atoms with E-state index >= 15 is 0 Å². The van der Waals surface area contributed by atoms with Gasteiger partial charge in [-0.2, -0.15) is 0 Å². The van der Waals surface area contributed by atoms with Gasteiger partial charge in [0.05, 0.1) is 58.0 Å². The summed E-state index contributed by atoms with van der Waals surface area (Å²) < 4.78 is 53.2. The molecule has 4 aromatic rings. The third-order valence-electron chi connectivity index (χ3n) is 5.97. The van der Waals surface area contributed by atoms with Gasteiger partial charge in [0.1, 0.15) is 11.5 Å². The number of rotatable bonds is 8. The molecular formula is C25H26N3NaO7S2. The molecule has 0 saturated heterocycles. The van der Waals surface area contributed by atoms with Gasteiger partial charge < -0.3 is 16.0 Å². The summed E-state index contributed by atoms with van der Waals surface area (Å²) in [4.78, 5) is 20.1. The van der Waals surface area contributed by atoms with Crippen molar-refractivity contribution in [2.24, 2.45) is 0 Å². The standard InChI is InChI=1S/C25H25N3O7S2.Na.H/c1-14-6-7-17(24(29)30)10-22(14)37(32,33)28-21-9-8-18(34-4)11-19(21)27-25(28)36(31)13-20-16(3)23(35-5)15(2)12-26-20;;/h6-12H,13H2,1-5H3,(H,29,30);;/q;+1;-1. The minimum absolute atomic E-state index is 0. The number of fused-ring (bicyclic) bond motifs is 1. The van der Waals surface area contributed by atoms with Crippen LogP contribution in [0.4, 0.5) is 0 Å². The van der Waals surface area contributed by atoms with E-state index < -0.39 is 26.8 Å². The van der Waals surface area contributed by atoms with Crippen LogP contribution in [0.15, 0.2) is 52.6 Å². The van der Waals surface area contributed by atoms with Crippen molar-refractivity contribution in [1.82, 2.24) is 13.9 Å². The van der Waals surface area contributed by atoms with Crippen LogP contribution in [-0.4, -0.2) is 51.9 Å². The molecule has 1 atom stereocenters. The van der Waals surface area contributed by atoms with Crippen LogP contribution in [0.1, 0.15) is 34.2 Å². The number of carbonyl (C=O) groups is 1. The van der Waals surface area contributed by atoms with E-state index in [9.17, 15) is 22.5 Å². The van der Waals surface area contributed by atoms with E-state index in [4.69, 9.17) is 9.47 Å². The second-order valence-corrected chi connectivity index (χ2v) is 11.4. The van der Waals surface area contributed by atoms with Crippen LogP contribution in [0, 0.1) is 20.8 Å². The van der Waals surface area contributed by atoms with Gasteiger partial charge in [-0.15, -0.1) is 0 Å². The monoisotopic (exact) mass is 567 g/mol. The average Bonchev–Trinajstić information content (AvgIpc) is 3.25. The Hall–Kier alpha value is -2.77. The van der Waals surface area contributed by atoms with Gasteiger partial charge in [0.2, 0.25) is 5.16 Å². The maximum Gasteiger partial charge on any atom is 1.00 e. The van der Waals surface area contributed by atoms with Crippen molar-refractivity contribution in [3.63, 3.8) is 0 Å². The fourth-order valence-corrected chi connectivity index (χ4v) is 7.34. The minimum atomic E-state index is -4.41. The maximum absolute atomic E-state index is 14.0. The van der Waals surface area contributed by atoms with Crippen molar-refractivity contribution in [1.29, 1.82) is 0 Å². The van der Waals surface area contributed by atoms with Crippen LogP contribution in [0.5, 0.6) is 11.5 Å². The van der Waals surface area contributed by atoms with Crippen LogP contribution in [0.3, 0.4) is 0 Å². The number of carboxylic acids is 1. The van der Waals surface area contributed by atoms with E-state index in [-0.39, 0.29) is 63.4 Å². The molecule has 0 aliphatic rings. The molecule has 0 spiro atoms. The first-order valence-corrected chi connectivity index (χ1v) is 13.8. The summed E-state index contributed by atoms with van der Waals surface area (Å²) in [6.07, 6.45) is 1.60. The van der Waals surface area contributed by atoms with Gasteiger partial charge in [0.25, 0.3) is 10.0 Å². The number of hydrogen-bond acceptors (Lipinski definition) is 8. The summed E-state index contributed by atoms with van der Waals surface area (Å²) in [5.74, 6) is -0.340. The van der Waals surface area contributed by atoms with Crippen LogP contribution in [0.2, 0.25) is 0 Å². The van der Waals surface area contributed by atoms with Crippen molar-refractivity contribution in [2.75, 3.05) is 14.2 Å². The van der Waals surface area contributed by atoms with E-state index in [1.807, 2.05) is 6.92 Å². The van der Waals surface area contributed by atoms with Gasteiger partial charge in [0, 0.05) is 23.4 Å². The Morgan fingerprint density at radius 2 is 1.79 bits per heavy atom. The number of pyridine rings is 1. The number of benzene rings is 2. The Balaban J connectivity index is 0.00000267. The van der Waals surface area contributed by atoms with Crippen LogP contribution < -0.4 is 39.0 Å². The number of aromatic carboxylic acids is 1. The van der Waals surface area contributed by atoms with E-state index in [0.717, 1.165) is 15.6 Å².